The van der Waals surface area contributed by atoms with Gasteiger partial charge in [-0.25, -0.2) is 0 Å². The van der Waals surface area contributed by atoms with Gasteiger partial charge in [0.25, 0.3) is 0 Å². The maximum Gasteiger partial charge on any atom is 0.161 e. The molecule has 2 aromatic rings. The first-order valence-electron chi connectivity index (χ1n) is 11.6. The standard InChI is InChI=1S/C23H28O5.C2H6.CH4O/c1-2-16-4-5-17(22-13-19(25)12-20(14-24)28-22)11-18(16)9-15-3-6-21-23(10-15)27-8-7-26-21;2*1-2/h3-6,10-11,19-20,22,24-25H,2,7-9,12-14H2,1H3;1-2H3;2H,1H3. The monoisotopic (exact) mass is 446 g/mol. The Morgan fingerprint density at radius 2 is 1.62 bits per heavy atom. The number of aliphatic hydroxyl groups excluding tert-OH is 3. The quantitative estimate of drug-likeness (QED) is 0.647. The van der Waals surface area contributed by atoms with Gasteiger partial charge in [-0.2, -0.15) is 0 Å². The molecule has 0 saturated carbocycles. The van der Waals surface area contributed by atoms with Gasteiger partial charge in [0.15, 0.2) is 11.5 Å². The number of hydrogen-bond donors (Lipinski definition) is 3. The second kappa shape index (κ2) is 13.4. The van der Waals surface area contributed by atoms with E-state index in [0.29, 0.717) is 26.1 Å². The molecular weight excluding hydrogens is 408 g/mol. The van der Waals surface area contributed by atoms with Crippen LogP contribution in [0.5, 0.6) is 11.5 Å². The van der Waals surface area contributed by atoms with Crippen LogP contribution in [0.2, 0.25) is 0 Å². The van der Waals surface area contributed by atoms with E-state index in [1.165, 1.54) is 16.7 Å². The molecule has 0 amide bonds. The molecule has 2 heterocycles. The molecule has 4 rings (SSSR count). The van der Waals surface area contributed by atoms with Crippen LogP contribution < -0.4 is 9.47 Å². The minimum absolute atomic E-state index is 0.0648. The van der Waals surface area contributed by atoms with Crippen molar-refractivity contribution < 1.29 is 29.5 Å². The highest BCUT2D eigenvalue weighted by atomic mass is 16.6. The van der Waals surface area contributed by atoms with Crippen LogP contribution in [0.1, 0.15) is 62.0 Å². The summed E-state index contributed by atoms with van der Waals surface area (Å²) in [7, 11) is 1.00. The highest BCUT2D eigenvalue weighted by Crippen LogP contribution is 2.34. The summed E-state index contributed by atoms with van der Waals surface area (Å²) >= 11 is 0. The Bertz CT molecular complexity index is 822. The van der Waals surface area contributed by atoms with Gasteiger partial charge in [-0.1, -0.05) is 45.0 Å². The van der Waals surface area contributed by atoms with Crippen molar-refractivity contribution in [2.24, 2.45) is 0 Å². The molecule has 2 aliphatic heterocycles. The van der Waals surface area contributed by atoms with E-state index in [9.17, 15) is 10.2 Å². The van der Waals surface area contributed by atoms with Gasteiger partial charge in [-0.3, -0.25) is 0 Å². The van der Waals surface area contributed by atoms with Crippen LogP contribution in [-0.4, -0.2) is 54.5 Å². The molecule has 0 aliphatic carbocycles. The number of rotatable bonds is 5. The SMILES string of the molecule is CC.CCc1ccc(C2CC(O)CC(CO)O2)cc1Cc1ccc2c(c1)OCCO2.CO. The first-order valence-corrected chi connectivity index (χ1v) is 11.6. The summed E-state index contributed by atoms with van der Waals surface area (Å²) in [6.45, 7) is 7.27. The number of aryl methyl sites for hydroxylation is 1. The average Bonchev–Trinajstić information content (AvgIpc) is 2.86. The Balaban J connectivity index is 0.000000860. The average molecular weight is 447 g/mol. The molecule has 0 radical (unpaired) electrons. The van der Waals surface area contributed by atoms with E-state index in [4.69, 9.17) is 19.3 Å². The molecule has 2 aromatic carbocycles. The first-order chi connectivity index (χ1) is 15.7. The smallest absolute Gasteiger partial charge is 0.161 e. The zero-order valence-electron chi connectivity index (χ0n) is 19.7. The summed E-state index contributed by atoms with van der Waals surface area (Å²) in [6.07, 6.45) is 1.87. The lowest BCUT2D eigenvalue weighted by Crippen LogP contribution is -2.33. The van der Waals surface area contributed by atoms with Crippen molar-refractivity contribution in [1.29, 1.82) is 0 Å². The second-order valence-electron chi connectivity index (χ2n) is 7.59. The zero-order chi connectivity index (χ0) is 23.5. The lowest BCUT2D eigenvalue weighted by Gasteiger charge is -2.33. The molecule has 0 spiro atoms. The zero-order valence-corrected chi connectivity index (χ0v) is 19.7. The Hall–Kier alpha value is -2.12. The largest absolute Gasteiger partial charge is 0.486 e. The fraction of sp³-hybridized carbons (Fsp3) is 0.538. The first kappa shape index (κ1) is 26.1. The topological polar surface area (TPSA) is 88.4 Å². The summed E-state index contributed by atoms with van der Waals surface area (Å²) in [4.78, 5) is 0. The highest BCUT2D eigenvalue weighted by molar-refractivity contribution is 5.46. The Kier molecular flexibility index (Phi) is 11.0. The van der Waals surface area contributed by atoms with Gasteiger partial charge in [0.1, 0.15) is 13.2 Å². The molecule has 0 bridgehead atoms. The molecule has 6 heteroatoms. The van der Waals surface area contributed by atoms with E-state index in [1.807, 2.05) is 19.9 Å². The third-order valence-corrected chi connectivity index (χ3v) is 5.57. The van der Waals surface area contributed by atoms with E-state index < -0.39 is 6.10 Å². The van der Waals surface area contributed by atoms with Gasteiger partial charge >= 0.3 is 0 Å². The molecule has 0 aromatic heterocycles. The van der Waals surface area contributed by atoms with Crippen LogP contribution in [0.25, 0.3) is 0 Å². The van der Waals surface area contributed by atoms with Gasteiger partial charge in [-0.05, 0) is 47.2 Å². The van der Waals surface area contributed by atoms with Crippen molar-refractivity contribution in [3.63, 3.8) is 0 Å². The van der Waals surface area contributed by atoms with Gasteiger partial charge < -0.3 is 29.5 Å². The third kappa shape index (κ3) is 6.69. The van der Waals surface area contributed by atoms with Gasteiger partial charge in [0.2, 0.25) is 0 Å². The van der Waals surface area contributed by atoms with Crippen molar-refractivity contribution >= 4 is 0 Å². The number of hydrogen-bond acceptors (Lipinski definition) is 6. The van der Waals surface area contributed by atoms with E-state index in [1.54, 1.807) is 0 Å². The molecule has 178 valence electrons. The fourth-order valence-corrected chi connectivity index (χ4v) is 4.10. The Morgan fingerprint density at radius 1 is 0.906 bits per heavy atom. The molecule has 6 nitrogen and oxygen atoms in total. The van der Waals surface area contributed by atoms with E-state index in [0.717, 1.165) is 37.0 Å². The van der Waals surface area contributed by atoms with Crippen molar-refractivity contribution in [3.8, 4) is 11.5 Å². The number of fused-ring (bicyclic) bond motifs is 1. The third-order valence-electron chi connectivity index (χ3n) is 5.57. The second-order valence-corrected chi connectivity index (χ2v) is 7.59. The number of aliphatic hydroxyl groups is 3. The Labute approximate surface area is 191 Å². The highest BCUT2D eigenvalue weighted by Gasteiger charge is 2.29. The van der Waals surface area contributed by atoms with Crippen LogP contribution >= 0.6 is 0 Å². The maximum absolute atomic E-state index is 10.1. The summed E-state index contributed by atoms with van der Waals surface area (Å²) in [6, 6.07) is 12.5. The van der Waals surface area contributed by atoms with E-state index in [2.05, 4.69) is 37.3 Å². The lowest BCUT2D eigenvalue weighted by molar-refractivity contribution is -0.113. The molecule has 2 aliphatic rings. The molecular formula is C26H38O6. The van der Waals surface area contributed by atoms with Crippen molar-refractivity contribution in [3.05, 3.63) is 58.7 Å². The molecule has 3 unspecified atom stereocenters. The molecule has 32 heavy (non-hydrogen) atoms. The lowest BCUT2D eigenvalue weighted by atomic mass is 9.91. The van der Waals surface area contributed by atoms with Crippen LogP contribution in [0, 0.1) is 0 Å². The van der Waals surface area contributed by atoms with Gasteiger partial charge in [0, 0.05) is 20.0 Å². The van der Waals surface area contributed by atoms with Crippen LogP contribution in [0.4, 0.5) is 0 Å². The summed E-state index contributed by atoms with van der Waals surface area (Å²) in [5, 5.41) is 26.6. The van der Waals surface area contributed by atoms with Crippen molar-refractivity contribution in [2.45, 2.75) is 64.8 Å². The van der Waals surface area contributed by atoms with Gasteiger partial charge in [-0.15, -0.1) is 0 Å². The molecule has 3 atom stereocenters. The Morgan fingerprint density at radius 3 is 2.31 bits per heavy atom. The van der Waals surface area contributed by atoms with Crippen LogP contribution in [-0.2, 0) is 17.6 Å². The van der Waals surface area contributed by atoms with Crippen LogP contribution in [0.3, 0.4) is 0 Å². The summed E-state index contributed by atoms with van der Waals surface area (Å²) < 4.78 is 17.3. The van der Waals surface area contributed by atoms with Crippen molar-refractivity contribution in [1.82, 2.24) is 0 Å². The maximum atomic E-state index is 10.1. The predicted molar refractivity (Wildman–Crippen MR) is 125 cm³/mol. The molecule has 3 N–H and O–H groups in total. The minimum Gasteiger partial charge on any atom is -0.486 e. The number of benzene rings is 2. The van der Waals surface area contributed by atoms with Crippen molar-refractivity contribution in [2.75, 3.05) is 26.9 Å². The predicted octanol–water partition coefficient (Wildman–Crippen LogP) is 3.82. The van der Waals surface area contributed by atoms with E-state index >= 15 is 0 Å². The number of ether oxygens (including phenoxy) is 3. The van der Waals surface area contributed by atoms with Gasteiger partial charge in [0.05, 0.1) is 24.9 Å². The molecule has 1 saturated heterocycles. The molecule has 1 fully saturated rings. The normalized spacial score (nSPS) is 21.5. The summed E-state index contributed by atoms with van der Waals surface area (Å²) in [5.74, 6) is 1.61. The van der Waals surface area contributed by atoms with E-state index in [-0.39, 0.29) is 18.8 Å². The fourth-order valence-electron chi connectivity index (χ4n) is 4.10. The van der Waals surface area contributed by atoms with Crippen LogP contribution in [0.15, 0.2) is 36.4 Å². The minimum atomic E-state index is -0.442. The summed E-state index contributed by atoms with van der Waals surface area (Å²) in [5.41, 5.74) is 4.78.